The Morgan fingerprint density at radius 3 is 2.71 bits per heavy atom. The van der Waals surface area contributed by atoms with Gasteiger partial charge in [0.2, 0.25) is 6.79 Å². The summed E-state index contributed by atoms with van der Waals surface area (Å²) in [6.45, 7) is 2.14. The molecule has 0 aliphatic carbocycles. The highest BCUT2D eigenvalue weighted by Crippen LogP contribution is 2.34. The van der Waals surface area contributed by atoms with Crippen LogP contribution in [0.4, 0.5) is 0 Å². The molecule has 2 aromatic carbocycles. The van der Waals surface area contributed by atoms with E-state index < -0.39 is 5.97 Å². The zero-order valence-corrected chi connectivity index (χ0v) is 15.7. The average molecular weight is 385 g/mol. The molecule has 0 saturated carbocycles. The third kappa shape index (κ3) is 5.64. The van der Waals surface area contributed by atoms with Gasteiger partial charge in [-0.3, -0.25) is 9.59 Å². The predicted octanol–water partition coefficient (Wildman–Crippen LogP) is 2.99. The van der Waals surface area contributed by atoms with Gasteiger partial charge in [-0.05, 0) is 43.2 Å². The predicted molar refractivity (Wildman–Crippen MR) is 101 cm³/mol. The van der Waals surface area contributed by atoms with Crippen molar-refractivity contribution in [3.05, 3.63) is 54.1 Å². The number of para-hydroxylation sites is 1. The molecule has 1 N–H and O–H groups in total. The summed E-state index contributed by atoms with van der Waals surface area (Å²) < 4.78 is 21.1. The number of carbonyl (C=O) groups is 2. The first-order chi connectivity index (χ1) is 13.6. The number of fused-ring (bicyclic) bond motifs is 1. The molecule has 0 saturated heterocycles. The summed E-state index contributed by atoms with van der Waals surface area (Å²) in [6.07, 6.45) is 0.709. The van der Waals surface area contributed by atoms with E-state index in [1.54, 1.807) is 6.07 Å². The van der Waals surface area contributed by atoms with Crippen LogP contribution in [0, 0.1) is 0 Å². The first-order valence-electron chi connectivity index (χ1n) is 9.14. The van der Waals surface area contributed by atoms with Gasteiger partial charge in [-0.2, -0.15) is 0 Å². The molecule has 3 rings (SSSR count). The number of hydrogen-bond acceptors (Lipinski definition) is 6. The summed E-state index contributed by atoms with van der Waals surface area (Å²) in [5.74, 6) is 1.31. The summed E-state index contributed by atoms with van der Waals surface area (Å²) >= 11 is 0. The number of carbonyl (C=O) groups excluding carboxylic acids is 2. The van der Waals surface area contributed by atoms with E-state index in [-0.39, 0.29) is 31.8 Å². The molecule has 148 valence electrons. The Labute approximate surface area is 163 Å². The average Bonchev–Trinajstić information content (AvgIpc) is 3.18. The lowest BCUT2D eigenvalue weighted by atomic mass is 10.1. The fraction of sp³-hybridized carbons (Fsp3) is 0.333. The Morgan fingerprint density at radius 2 is 1.89 bits per heavy atom. The highest BCUT2D eigenvalue weighted by molar-refractivity contribution is 5.80. The van der Waals surface area contributed by atoms with Gasteiger partial charge >= 0.3 is 5.97 Å². The van der Waals surface area contributed by atoms with Crippen LogP contribution in [0.25, 0.3) is 0 Å². The van der Waals surface area contributed by atoms with Crippen molar-refractivity contribution in [3.63, 3.8) is 0 Å². The molecule has 1 aliphatic rings. The largest absolute Gasteiger partial charge is 0.494 e. The van der Waals surface area contributed by atoms with Crippen molar-refractivity contribution in [2.45, 2.75) is 25.8 Å². The van der Waals surface area contributed by atoms with Crippen molar-refractivity contribution in [2.24, 2.45) is 0 Å². The zero-order valence-electron chi connectivity index (χ0n) is 15.7. The van der Waals surface area contributed by atoms with Gasteiger partial charge in [-0.1, -0.05) is 24.3 Å². The van der Waals surface area contributed by atoms with Gasteiger partial charge in [0.15, 0.2) is 18.1 Å². The van der Waals surface area contributed by atoms with Crippen LogP contribution >= 0.6 is 0 Å². The van der Waals surface area contributed by atoms with E-state index in [2.05, 4.69) is 5.32 Å². The molecule has 0 spiro atoms. The van der Waals surface area contributed by atoms with Gasteiger partial charge in [-0.25, -0.2) is 0 Å². The molecule has 1 atom stereocenters. The number of hydrogen-bond donors (Lipinski definition) is 1. The Morgan fingerprint density at radius 1 is 1.11 bits per heavy atom. The fourth-order valence-corrected chi connectivity index (χ4v) is 2.69. The number of amides is 1. The van der Waals surface area contributed by atoms with E-state index in [0.29, 0.717) is 24.5 Å². The van der Waals surface area contributed by atoms with Crippen LogP contribution in [0.5, 0.6) is 17.2 Å². The summed E-state index contributed by atoms with van der Waals surface area (Å²) in [7, 11) is 0. The van der Waals surface area contributed by atoms with Gasteiger partial charge < -0.3 is 24.3 Å². The number of esters is 1. The molecule has 2 aromatic rings. The zero-order chi connectivity index (χ0) is 19.8. The highest BCUT2D eigenvalue weighted by Gasteiger charge is 2.17. The monoisotopic (exact) mass is 385 g/mol. The van der Waals surface area contributed by atoms with E-state index in [0.717, 1.165) is 11.3 Å². The van der Waals surface area contributed by atoms with Crippen LogP contribution in [-0.2, 0) is 14.3 Å². The highest BCUT2D eigenvalue weighted by atomic mass is 16.7. The van der Waals surface area contributed by atoms with Crippen molar-refractivity contribution in [1.29, 1.82) is 0 Å². The molecular weight excluding hydrogens is 362 g/mol. The Balaban J connectivity index is 1.32. The third-order valence-electron chi connectivity index (χ3n) is 4.18. The third-order valence-corrected chi connectivity index (χ3v) is 4.18. The standard InChI is InChI=1S/C21H23NO6/c1-15(16-9-10-18-19(12-16)28-14-27-18)22-20(23)13-26-21(24)8-5-11-25-17-6-3-2-4-7-17/h2-4,6-7,9-10,12,15H,5,8,11,13-14H2,1H3,(H,22,23). The van der Waals surface area contributed by atoms with Gasteiger partial charge in [0.25, 0.3) is 5.91 Å². The number of nitrogens with one attached hydrogen (secondary N) is 1. The summed E-state index contributed by atoms with van der Waals surface area (Å²) in [6, 6.07) is 14.6. The minimum Gasteiger partial charge on any atom is -0.494 e. The molecule has 28 heavy (non-hydrogen) atoms. The second kappa shape index (κ2) is 9.64. The van der Waals surface area contributed by atoms with Gasteiger partial charge in [0.05, 0.1) is 12.6 Å². The molecule has 1 aliphatic heterocycles. The van der Waals surface area contributed by atoms with Crippen molar-refractivity contribution in [1.82, 2.24) is 5.32 Å². The molecule has 0 fully saturated rings. The van der Waals surface area contributed by atoms with Gasteiger partial charge in [0.1, 0.15) is 5.75 Å². The number of ether oxygens (including phenoxy) is 4. The maximum atomic E-state index is 12.0. The lowest BCUT2D eigenvalue weighted by Crippen LogP contribution is -2.31. The van der Waals surface area contributed by atoms with Gasteiger partial charge in [0, 0.05) is 6.42 Å². The fourth-order valence-electron chi connectivity index (χ4n) is 2.69. The first-order valence-corrected chi connectivity index (χ1v) is 9.14. The molecule has 7 nitrogen and oxygen atoms in total. The van der Waals surface area contributed by atoms with E-state index in [4.69, 9.17) is 18.9 Å². The molecule has 1 heterocycles. The van der Waals surface area contributed by atoms with Crippen LogP contribution < -0.4 is 19.5 Å². The molecule has 0 radical (unpaired) electrons. The second-order valence-corrected chi connectivity index (χ2v) is 6.33. The number of rotatable bonds is 9. The van der Waals surface area contributed by atoms with Crippen molar-refractivity contribution < 1.29 is 28.5 Å². The van der Waals surface area contributed by atoms with E-state index >= 15 is 0 Å². The Bertz CT molecular complexity index is 808. The maximum absolute atomic E-state index is 12.0. The van der Waals surface area contributed by atoms with Crippen LogP contribution in [0.15, 0.2) is 48.5 Å². The minimum atomic E-state index is -0.428. The quantitative estimate of drug-likeness (QED) is 0.528. The van der Waals surface area contributed by atoms with Crippen molar-refractivity contribution in [3.8, 4) is 17.2 Å². The molecule has 0 aromatic heterocycles. The molecule has 1 amide bonds. The van der Waals surface area contributed by atoms with E-state index in [9.17, 15) is 9.59 Å². The summed E-state index contributed by atoms with van der Waals surface area (Å²) in [5.41, 5.74) is 0.877. The van der Waals surface area contributed by atoms with Crippen LogP contribution in [-0.4, -0.2) is 31.9 Å². The lowest BCUT2D eigenvalue weighted by molar-refractivity contribution is -0.148. The lowest BCUT2D eigenvalue weighted by Gasteiger charge is -2.15. The summed E-state index contributed by atoms with van der Waals surface area (Å²) in [4.78, 5) is 23.8. The molecule has 7 heteroatoms. The molecule has 0 bridgehead atoms. The minimum absolute atomic E-state index is 0.192. The maximum Gasteiger partial charge on any atom is 0.306 e. The van der Waals surface area contributed by atoms with Crippen LogP contribution in [0.1, 0.15) is 31.4 Å². The SMILES string of the molecule is CC(NC(=O)COC(=O)CCCOc1ccccc1)c1ccc2c(c1)OCO2. The van der Waals surface area contributed by atoms with Crippen LogP contribution in [0.3, 0.4) is 0 Å². The number of benzene rings is 2. The second-order valence-electron chi connectivity index (χ2n) is 6.33. The van der Waals surface area contributed by atoms with Crippen molar-refractivity contribution >= 4 is 11.9 Å². The summed E-state index contributed by atoms with van der Waals surface area (Å²) in [5, 5.41) is 2.79. The molecular formula is C21H23NO6. The Kier molecular flexibility index (Phi) is 6.73. The van der Waals surface area contributed by atoms with Crippen molar-refractivity contribution in [2.75, 3.05) is 20.0 Å². The van der Waals surface area contributed by atoms with E-state index in [1.807, 2.05) is 49.4 Å². The normalized spacial score (nSPS) is 12.9. The topological polar surface area (TPSA) is 83.1 Å². The molecule has 1 unspecified atom stereocenters. The van der Waals surface area contributed by atoms with Gasteiger partial charge in [-0.15, -0.1) is 0 Å². The smallest absolute Gasteiger partial charge is 0.306 e. The van der Waals surface area contributed by atoms with E-state index in [1.165, 1.54) is 0 Å². The first kappa shape index (κ1) is 19.5. The van der Waals surface area contributed by atoms with Crippen LogP contribution in [0.2, 0.25) is 0 Å². The Hall–Kier alpha value is -3.22.